The van der Waals surface area contributed by atoms with Gasteiger partial charge in [0, 0.05) is 10.6 Å². The topological polar surface area (TPSA) is 78.6 Å². The van der Waals surface area contributed by atoms with Crippen LogP contribution in [0.5, 0.6) is 5.75 Å². The fourth-order valence-electron chi connectivity index (χ4n) is 2.74. The number of hydrogen-bond acceptors (Lipinski definition) is 7. The maximum atomic E-state index is 12.1. The van der Waals surface area contributed by atoms with Crippen molar-refractivity contribution in [3.63, 3.8) is 0 Å². The number of benzene rings is 3. The molecule has 0 atom stereocenters. The van der Waals surface area contributed by atoms with Crippen molar-refractivity contribution in [2.45, 2.75) is 10.6 Å². The average Bonchev–Trinajstić information content (AvgIpc) is 3.27. The number of fused-ring (bicyclic) bond motifs is 1. The molecule has 0 unspecified atom stereocenters. The number of halogens is 2. The number of rotatable bonds is 7. The first-order valence-corrected chi connectivity index (χ1v) is 11.1. The molecule has 0 bridgehead atoms. The second-order valence-corrected chi connectivity index (χ2v) is 8.46. The molecule has 0 fully saturated rings. The molecule has 0 saturated heterocycles. The smallest absolute Gasteiger partial charge is 0.352 e. The summed E-state index contributed by atoms with van der Waals surface area (Å²) >= 11 is 13.6. The Morgan fingerprint density at radius 1 is 0.969 bits per heavy atom. The van der Waals surface area contributed by atoms with Crippen LogP contribution < -0.4 is 4.74 Å². The van der Waals surface area contributed by atoms with Gasteiger partial charge in [-0.25, -0.2) is 14.6 Å². The molecule has 4 aromatic rings. The Bertz CT molecular complexity index is 1270. The standard InChI is InChI=1S/C23H15Cl2NO5S/c24-18-7-1-14(9-19(18)25)12-32-17-5-3-16(4-6-17)29-11-22(27)31-23(28)15-2-8-20-21(10-15)30-13-26-20/h1-10,13H,11-12H2. The van der Waals surface area contributed by atoms with Crippen molar-refractivity contribution < 1.29 is 23.5 Å². The molecule has 0 spiro atoms. The van der Waals surface area contributed by atoms with Gasteiger partial charge in [0.05, 0.1) is 15.6 Å². The number of thioether (sulfide) groups is 1. The van der Waals surface area contributed by atoms with E-state index in [-0.39, 0.29) is 5.56 Å². The zero-order chi connectivity index (χ0) is 22.5. The second-order valence-electron chi connectivity index (χ2n) is 6.59. The number of nitrogens with zero attached hydrogens (tertiary/aromatic N) is 1. The van der Waals surface area contributed by atoms with Gasteiger partial charge in [-0.15, -0.1) is 11.8 Å². The van der Waals surface area contributed by atoms with Crippen molar-refractivity contribution in [3.8, 4) is 5.75 Å². The van der Waals surface area contributed by atoms with Crippen molar-refractivity contribution in [2.24, 2.45) is 0 Å². The van der Waals surface area contributed by atoms with Gasteiger partial charge < -0.3 is 13.9 Å². The van der Waals surface area contributed by atoms with Gasteiger partial charge >= 0.3 is 11.9 Å². The van der Waals surface area contributed by atoms with E-state index in [9.17, 15) is 9.59 Å². The van der Waals surface area contributed by atoms with Crippen LogP contribution in [0.1, 0.15) is 15.9 Å². The summed E-state index contributed by atoms with van der Waals surface area (Å²) in [6, 6.07) is 17.4. The molecule has 0 aliphatic carbocycles. The van der Waals surface area contributed by atoms with E-state index in [0.717, 1.165) is 16.2 Å². The van der Waals surface area contributed by atoms with Crippen LogP contribution in [-0.2, 0) is 15.3 Å². The third-order valence-corrected chi connectivity index (χ3v) is 6.17. The number of ether oxygens (including phenoxy) is 2. The van der Waals surface area contributed by atoms with Crippen LogP contribution in [0.2, 0.25) is 10.0 Å². The fraction of sp³-hybridized carbons (Fsp3) is 0.0870. The molecular weight excluding hydrogens is 473 g/mol. The molecule has 3 aromatic carbocycles. The highest BCUT2D eigenvalue weighted by atomic mass is 35.5. The van der Waals surface area contributed by atoms with Gasteiger partial charge in [0.15, 0.2) is 18.6 Å². The maximum absolute atomic E-state index is 12.1. The number of carbonyl (C=O) groups is 2. The molecule has 1 aromatic heterocycles. The monoisotopic (exact) mass is 487 g/mol. The molecule has 0 aliphatic heterocycles. The molecular formula is C23H15Cl2NO5S. The van der Waals surface area contributed by atoms with E-state index in [2.05, 4.69) is 4.98 Å². The van der Waals surface area contributed by atoms with Crippen molar-refractivity contribution in [1.29, 1.82) is 0 Å². The van der Waals surface area contributed by atoms with Crippen molar-refractivity contribution >= 4 is 58.0 Å². The van der Waals surface area contributed by atoms with Crippen molar-refractivity contribution in [1.82, 2.24) is 4.98 Å². The van der Waals surface area contributed by atoms with Crippen molar-refractivity contribution in [3.05, 3.63) is 88.2 Å². The minimum Gasteiger partial charge on any atom is -0.482 e. The zero-order valence-electron chi connectivity index (χ0n) is 16.4. The van der Waals surface area contributed by atoms with E-state index in [1.165, 1.54) is 18.5 Å². The Morgan fingerprint density at radius 3 is 2.56 bits per heavy atom. The summed E-state index contributed by atoms with van der Waals surface area (Å²) in [5, 5.41) is 1.05. The lowest BCUT2D eigenvalue weighted by Gasteiger charge is -2.07. The third-order valence-electron chi connectivity index (χ3n) is 4.34. The van der Waals surface area contributed by atoms with Crippen LogP contribution in [0.15, 0.2) is 76.4 Å². The molecule has 0 saturated carbocycles. The summed E-state index contributed by atoms with van der Waals surface area (Å²) in [5.74, 6) is -0.376. The lowest BCUT2D eigenvalue weighted by Crippen LogP contribution is -2.19. The van der Waals surface area contributed by atoms with Gasteiger partial charge in [-0.3, -0.25) is 0 Å². The SMILES string of the molecule is O=C(COc1ccc(SCc2ccc(Cl)c(Cl)c2)cc1)OC(=O)c1ccc2ncoc2c1. The van der Waals surface area contributed by atoms with E-state index in [0.29, 0.717) is 26.9 Å². The lowest BCUT2D eigenvalue weighted by molar-refractivity contribution is -0.140. The molecule has 162 valence electrons. The van der Waals surface area contributed by atoms with Crippen LogP contribution in [0.3, 0.4) is 0 Å². The first-order chi connectivity index (χ1) is 15.5. The maximum Gasteiger partial charge on any atom is 0.352 e. The van der Waals surface area contributed by atoms with E-state index in [1.54, 1.807) is 36.0 Å². The van der Waals surface area contributed by atoms with E-state index in [1.807, 2.05) is 24.3 Å². The Kier molecular flexibility index (Phi) is 6.99. The molecule has 0 amide bonds. The number of hydrogen-bond donors (Lipinski definition) is 0. The Labute approximate surface area is 197 Å². The summed E-state index contributed by atoms with van der Waals surface area (Å²) < 4.78 is 15.4. The van der Waals surface area contributed by atoms with Gasteiger partial charge in [-0.2, -0.15) is 0 Å². The number of aromatic nitrogens is 1. The first kappa shape index (κ1) is 22.2. The highest BCUT2D eigenvalue weighted by Gasteiger charge is 2.15. The summed E-state index contributed by atoms with van der Waals surface area (Å²) in [4.78, 5) is 29.1. The molecule has 0 aliphatic rings. The average molecular weight is 488 g/mol. The number of carbonyl (C=O) groups excluding carboxylic acids is 2. The van der Waals surface area contributed by atoms with E-state index >= 15 is 0 Å². The number of esters is 2. The lowest BCUT2D eigenvalue weighted by atomic mass is 10.2. The summed E-state index contributed by atoms with van der Waals surface area (Å²) in [7, 11) is 0. The molecule has 0 radical (unpaired) electrons. The van der Waals surface area contributed by atoms with Gasteiger partial charge in [-0.05, 0) is 60.2 Å². The van der Waals surface area contributed by atoms with E-state index in [4.69, 9.17) is 37.1 Å². The predicted octanol–water partition coefficient (Wildman–Crippen LogP) is 6.19. The zero-order valence-corrected chi connectivity index (χ0v) is 18.7. The van der Waals surface area contributed by atoms with Gasteiger partial charge in [0.2, 0.25) is 0 Å². The normalized spacial score (nSPS) is 10.8. The van der Waals surface area contributed by atoms with Crippen LogP contribution in [-0.4, -0.2) is 23.5 Å². The molecule has 32 heavy (non-hydrogen) atoms. The third kappa shape index (κ3) is 5.62. The van der Waals surface area contributed by atoms with Gasteiger partial charge in [-0.1, -0.05) is 29.3 Å². The van der Waals surface area contributed by atoms with Crippen LogP contribution in [0.4, 0.5) is 0 Å². The quantitative estimate of drug-likeness (QED) is 0.174. The van der Waals surface area contributed by atoms with Crippen molar-refractivity contribution in [2.75, 3.05) is 6.61 Å². The Hall–Kier alpha value is -3.00. The van der Waals surface area contributed by atoms with Gasteiger partial charge in [0.1, 0.15) is 11.3 Å². The molecule has 0 N–H and O–H groups in total. The fourth-order valence-corrected chi connectivity index (χ4v) is 3.91. The molecule has 6 nitrogen and oxygen atoms in total. The minimum absolute atomic E-state index is 0.186. The molecule has 9 heteroatoms. The Balaban J connectivity index is 1.25. The van der Waals surface area contributed by atoms with Crippen LogP contribution >= 0.6 is 35.0 Å². The van der Waals surface area contributed by atoms with Gasteiger partial charge in [0.25, 0.3) is 0 Å². The minimum atomic E-state index is -0.800. The first-order valence-electron chi connectivity index (χ1n) is 9.36. The predicted molar refractivity (Wildman–Crippen MR) is 122 cm³/mol. The van der Waals surface area contributed by atoms with E-state index < -0.39 is 18.5 Å². The van der Waals surface area contributed by atoms with Crippen LogP contribution in [0.25, 0.3) is 11.1 Å². The van der Waals surface area contributed by atoms with Crippen LogP contribution in [0, 0.1) is 0 Å². The summed E-state index contributed by atoms with van der Waals surface area (Å²) in [6.45, 7) is -0.397. The highest BCUT2D eigenvalue weighted by Crippen LogP contribution is 2.28. The molecule has 4 rings (SSSR count). The second kappa shape index (κ2) is 10.1. The summed E-state index contributed by atoms with van der Waals surface area (Å²) in [5.41, 5.74) is 2.28. The Morgan fingerprint density at radius 2 is 1.78 bits per heavy atom. The highest BCUT2D eigenvalue weighted by molar-refractivity contribution is 7.98. The number of oxazole rings is 1. The summed E-state index contributed by atoms with van der Waals surface area (Å²) in [6.07, 6.45) is 1.27. The molecule has 1 heterocycles. The largest absolute Gasteiger partial charge is 0.482 e.